The van der Waals surface area contributed by atoms with Crippen LogP contribution < -0.4 is 5.73 Å². The number of benzene rings is 4. The molecule has 0 atom stereocenters. The number of aryl methyl sites for hydroxylation is 3. The highest BCUT2D eigenvalue weighted by Gasteiger charge is 2.14. The van der Waals surface area contributed by atoms with Crippen molar-refractivity contribution >= 4 is 5.69 Å². The van der Waals surface area contributed by atoms with E-state index in [1.807, 2.05) is 48.5 Å². The molecule has 0 amide bonds. The van der Waals surface area contributed by atoms with Gasteiger partial charge in [0.2, 0.25) is 0 Å². The summed E-state index contributed by atoms with van der Waals surface area (Å²) in [4.78, 5) is 0. The Balaban J connectivity index is 1.10. The van der Waals surface area contributed by atoms with E-state index in [2.05, 4.69) is 0 Å². The predicted molar refractivity (Wildman–Crippen MR) is 152 cm³/mol. The monoisotopic (exact) mass is 533 g/mol. The molecule has 4 rings (SSSR count). The molecule has 0 aliphatic rings. The molecule has 2 N–H and O–H groups in total. The van der Waals surface area contributed by atoms with Gasteiger partial charge in [-0.05, 0) is 72.6 Å². The first-order valence-corrected chi connectivity index (χ1v) is 13.7. The van der Waals surface area contributed by atoms with Crippen molar-refractivity contribution in [2.24, 2.45) is 0 Å². The van der Waals surface area contributed by atoms with E-state index in [1.165, 1.54) is 48.9 Å². The van der Waals surface area contributed by atoms with Gasteiger partial charge in [-0.2, -0.15) is 0 Å². The summed E-state index contributed by atoms with van der Waals surface area (Å²) in [5.74, 6) is -3.48. The van der Waals surface area contributed by atoms with Crippen LogP contribution in [0, 0.1) is 30.2 Å². The van der Waals surface area contributed by atoms with E-state index in [0.29, 0.717) is 22.3 Å². The van der Waals surface area contributed by atoms with Crippen molar-refractivity contribution in [2.45, 2.75) is 64.7 Å². The Hall–Kier alpha value is -3.60. The summed E-state index contributed by atoms with van der Waals surface area (Å²) in [6, 6.07) is 21.5. The zero-order valence-corrected chi connectivity index (χ0v) is 22.4. The summed E-state index contributed by atoms with van der Waals surface area (Å²) in [7, 11) is 0. The van der Waals surface area contributed by atoms with Gasteiger partial charge >= 0.3 is 0 Å². The van der Waals surface area contributed by atoms with Crippen LogP contribution in [-0.4, -0.2) is 0 Å². The van der Waals surface area contributed by atoms with Gasteiger partial charge < -0.3 is 5.73 Å². The largest absolute Gasteiger partial charge is 0.396 e. The Morgan fingerprint density at radius 1 is 0.462 bits per heavy atom. The molecule has 0 radical (unpaired) electrons. The maximum absolute atomic E-state index is 14.2. The topological polar surface area (TPSA) is 26.0 Å². The Morgan fingerprint density at radius 3 is 1.36 bits per heavy atom. The fraction of sp³-hybridized carbons (Fsp3) is 0.294. The second-order valence-corrected chi connectivity index (χ2v) is 10.3. The molecule has 4 aromatic rings. The van der Waals surface area contributed by atoms with Crippen molar-refractivity contribution in [1.29, 1.82) is 0 Å². The Labute approximate surface area is 228 Å². The van der Waals surface area contributed by atoms with Crippen LogP contribution in [0.15, 0.2) is 72.8 Å². The van der Waals surface area contributed by atoms with E-state index < -0.39 is 23.3 Å². The van der Waals surface area contributed by atoms with Crippen molar-refractivity contribution in [1.82, 2.24) is 0 Å². The SMILES string of the molecule is Cc1ccc(-c2ccc(CCCCCCCCCc3ccc(-c4ccc(N)c(F)c4F)cc3)cc2)c(F)c1F. The predicted octanol–water partition coefficient (Wildman–Crippen LogP) is 9.98. The molecule has 0 heterocycles. The fourth-order valence-corrected chi connectivity index (χ4v) is 4.90. The number of hydrogen-bond donors (Lipinski definition) is 1. The minimum Gasteiger partial charge on any atom is -0.396 e. The molecule has 0 bridgehead atoms. The van der Waals surface area contributed by atoms with Crippen LogP contribution in [0.2, 0.25) is 0 Å². The molecule has 5 heteroatoms. The molecule has 0 unspecified atom stereocenters. The number of hydrogen-bond acceptors (Lipinski definition) is 1. The lowest BCUT2D eigenvalue weighted by atomic mass is 9.99. The maximum atomic E-state index is 14.2. The molecule has 0 aliphatic heterocycles. The number of anilines is 1. The molecule has 4 aromatic carbocycles. The van der Waals surface area contributed by atoms with Crippen LogP contribution in [0.3, 0.4) is 0 Å². The van der Waals surface area contributed by atoms with Crippen molar-refractivity contribution in [2.75, 3.05) is 5.73 Å². The Morgan fingerprint density at radius 2 is 0.872 bits per heavy atom. The Kier molecular flexibility index (Phi) is 9.80. The first-order valence-electron chi connectivity index (χ1n) is 13.7. The van der Waals surface area contributed by atoms with Gasteiger partial charge in [-0.15, -0.1) is 0 Å². The molecule has 0 saturated heterocycles. The van der Waals surface area contributed by atoms with Gasteiger partial charge in [0.1, 0.15) is 0 Å². The molecular weight excluding hydrogens is 498 g/mol. The molecule has 0 spiro atoms. The second kappa shape index (κ2) is 13.5. The number of rotatable bonds is 12. The lowest BCUT2D eigenvalue weighted by molar-refractivity contribution is 0.505. The fourth-order valence-electron chi connectivity index (χ4n) is 4.90. The van der Waals surface area contributed by atoms with Crippen LogP contribution in [0.4, 0.5) is 23.2 Å². The van der Waals surface area contributed by atoms with E-state index in [9.17, 15) is 17.6 Å². The van der Waals surface area contributed by atoms with Crippen molar-refractivity contribution < 1.29 is 17.6 Å². The summed E-state index contributed by atoms with van der Waals surface area (Å²) < 4.78 is 56.0. The summed E-state index contributed by atoms with van der Waals surface area (Å²) >= 11 is 0. The average Bonchev–Trinajstić information content (AvgIpc) is 2.95. The van der Waals surface area contributed by atoms with E-state index in [0.717, 1.165) is 32.1 Å². The Bertz CT molecular complexity index is 1270. The maximum Gasteiger partial charge on any atom is 0.182 e. The third kappa shape index (κ3) is 7.29. The second-order valence-electron chi connectivity index (χ2n) is 10.3. The van der Waals surface area contributed by atoms with Gasteiger partial charge in [-0.3, -0.25) is 0 Å². The van der Waals surface area contributed by atoms with Crippen LogP contribution in [0.5, 0.6) is 0 Å². The average molecular weight is 534 g/mol. The van der Waals surface area contributed by atoms with Gasteiger partial charge in [-0.1, -0.05) is 92.8 Å². The van der Waals surface area contributed by atoms with Gasteiger partial charge in [0.25, 0.3) is 0 Å². The highest BCUT2D eigenvalue weighted by Crippen LogP contribution is 2.29. The third-order valence-electron chi connectivity index (χ3n) is 7.35. The van der Waals surface area contributed by atoms with Gasteiger partial charge in [-0.25, -0.2) is 17.6 Å². The van der Waals surface area contributed by atoms with Crippen molar-refractivity contribution in [3.8, 4) is 22.3 Å². The van der Waals surface area contributed by atoms with E-state index in [1.54, 1.807) is 19.1 Å². The highest BCUT2D eigenvalue weighted by atomic mass is 19.2. The summed E-state index contributed by atoms with van der Waals surface area (Å²) in [5, 5.41) is 0. The molecule has 1 nitrogen and oxygen atoms in total. The number of halogens is 4. The van der Waals surface area contributed by atoms with Gasteiger partial charge in [0, 0.05) is 11.1 Å². The smallest absolute Gasteiger partial charge is 0.182 e. The molecule has 0 fully saturated rings. The minimum atomic E-state index is -0.999. The molecule has 0 saturated carbocycles. The number of unbranched alkanes of at least 4 members (excludes halogenated alkanes) is 6. The normalized spacial score (nSPS) is 11.2. The minimum absolute atomic E-state index is 0.185. The lowest BCUT2D eigenvalue weighted by Crippen LogP contribution is -1.96. The number of nitrogens with two attached hydrogens (primary N) is 1. The van der Waals surface area contributed by atoms with Crippen LogP contribution in [-0.2, 0) is 12.8 Å². The first kappa shape index (κ1) is 28.4. The molecule has 39 heavy (non-hydrogen) atoms. The quantitative estimate of drug-likeness (QED) is 0.109. The summed E-state index contributed by atoms with van der Waals surface area (Å²) in [6.07, 6.45) is 10.1. The zero-order chi connectivity index (χ0) is 27.8. The summed E-state index contributed by atoms with van der Waals surface area (Å²) in [6.45, 7) is 1.56. The van der Waals surface area contributed by atoms with Crippen molar-refractivity contribution in [3.05, 3.63) is 113 Å². The van der Waals surface area contributed by atoms with Gasteiger partial charge in [0.05, 0.1) is 5.69 Å². The molecular formula is C34H35F4N. The van der Waals surface area contributed by atoms with Crippen LogP contribution in [0.25, 0.3) is 22.3 Å². The van der Waals surface area contributed by atoms with Crippen LogP contribution in [0.1, 0.15) is 61.6 Å². The first-order chi connectivity index (χ1) is 18.8. The zero-order valence-electron chi connectivity index (χ0n) is 22.4. The summed E-state index contributed by atoms with van der Waals surface area (Å²) in [5.41, 5.74) is 9.81. The standard InChI is InChI=1S/C34H35F4N/c1-23-11-20-28(32(36)31(23)35)26-16-12-24(13-17-26)9-7-5-3-2-4-6-8-10-25-14-18-27(19-15-25)29-21-22-30(39)34(38)33(29)37/h11-22H,2-10,39H2,1H3. The van der Waals surface area contributed by atoms with E-state index >= 15 is 0 Å². The van der Waals surface area contributed by atoms with Crippen molar-refractivity contribution in [3.63, 3.8) is 0 Å². The van der Waals surface area contributed by atoms with E-state index in [-0.39, 0.29) is 11.3 Å². The van der Waals surface area contributed by atoms with E-state index in [4.69, 9.17) is 5.73 Å². The third-order valence-corrected chi connectivity index (χ3v) is 7.35. The number of nitrogen functional groups attached to an aromatic ring is 1. The van der Waals surface area contributed by atoms with Gasteiger partial charge in [0.15, 0.2) is 23.3 Å². The highest BCUT2D eigenvalue weighted by molar-refractivity contribution is 5.67. The molecule has 0 aliphatic carbocycles. The molecule has 204 valence electrons. The molecule has 0 aromatic heterocycles. The lowest BCUT2D eigenvalue weighted by Gasteiger charge is -2.08. The van der Waals surface area contributed by atoms with Crippen LogP contribution >= 0.6 is 0 Å².